The molecule has 2 aromatic rings. The Kier molecular flexibility index (Phi) is 3.30. The first-order valence-electron chi connectivity index (χ1n) is 6.32. The lowest BCUT2D eigenvalue weighted by Gasteiger charge is -2.39. The predicted molar refractivity (Wildman–Crippen MR) is 84.0 cm³/mol. The second-order valence-electron chi connectivity index (χ2n) is 5.55. The molecule has 18 heavy (non-hydrogen) atoms. The van der Waals surface area contributed by atoms with Gasteiger partial charge in [-0.05, 0) is 59.0 Å². The summed E-state index contributed by atoms with van der Waals surface area (Å²) in [5.74, 6) is 1.49. The van der Waals surface area contributed by atoms with E-state index in [-0.39, 0.29) is 0 Å². The van der Waals surface area contributed by atoms with Crippen LogP contribution in [0.25, 0.3) is 11.0 Å². The molecule has 3 rings (SSSR count). The van der Waals surface area contributed by atoms with Crippen molar-refractivity contribution in [1.82, 2.24) is 9.55 Å². The van der Waals surface area contributed by atoms with Gasteiger partial charge in [-0.2, -0.15) is 0 Å². The highest BCUT2D eigenvalue weighted by Gasteiger charge is 2.33. The van der Waals surface area contributed by atoms with Crippen molar-refractivity contribution in [2.24, 2.45) is 5.41 Å². The van der Waals surface area contributed by atoms with Gasteiger partial charge in [-0.1, -0.05) is 13.3 Å². The number of rotatable bonds is 3. The molecule has 0 bridgehead atoms. The maximum absolute atomic E-state index is 6.05. The first-order chi connectivity index (χ1) is 8.61. The molecule has 1 heterocycles. The highest BCUT2D eigenvalue weighted by molar-refractivity contribution is 14.1. The zero-order valence-corrected chi connectivity index (χ0v) is 13.3. The number of halogens is 2. The van der Waals surface area contributed by atoms with Gasteiger partial charge >= 0.3 is 0 Å². The summed E-state index contributed by atoms with van der Waals surface area (Å²) in [6, 6.07) is 6.44. The monoisotopic (exact) mass is 374 g/mol. The van der Waals surface area contributed by atoms with Gasteiger partial charge in [-0.3, -0.25) is 0 Å². The largest absolute Gasteiger partial charge is 0.326 e. The molecule has 1 saturated carbocycles. The Bertz CT molecular complexity index is 587. The molecule has 1 aromatic heterocycles. The number of hydrogen-bond acceptors (Lipinski definition) is 1. The summed E-state index contributed by atoms with van der Waals surface area (Å²) < 4.78 is 3.54. The minimum absolute atomic E-state index is 0.442. The molecule has 0 spiro atoms. The summed E-state index contributed by atoms with van der Waals surface area (Å²) in [5, 5.41) is 0. The second kappa shape index (κ2) is 4.67. The average Bonchev–Trinajstić information content (AvgIpc) is 2.64. The Morgan fingerprint density at radius 1 is 1.44 bits per heavy atom. The van der Waals surface area contributed by atoms with Crippen LogP contribution < -0.4 is 0 Å². The first kappa shape index (κ1) is 12.7. The van der Waals surface area contributed by atoms with Gasteiger partial charge in [0.05, 0.1) is 16.9 Å². The smallest absolute Gasteiger partial charge is 0.124 e. The zero-order chi connectivity index (χ0) is 12.8. The van der Waals surface area contributed by atoms with Crippen molar-refractivity contribution < 1.29 is 0 Å². The van der Waals surface area contributed by atoms with Gasteiger partial charge in [0, 0.05) is 10.1 Å². The van der Waals surface area contributed by atoms with E-state index in [0.29, 0.717) is 11.3 Å². The first-order valence-corrected chi connectivity index (χ1v) is 7.93. The Hall–Kier alpha value is -0.290. The highest BCUT2D eigenvalue weighted by Crippen LogP contribution is 2.42. The molecule has 0 unspecified atom stereocenters. The van der Waals surface area contributed by atoms with Gasteiger partial charge in [0.2, 0.25) is 0 Å². The van der Waals surface area contributed by atoms with Crippen LogP contribution in [0.3, 0.4) is 0 Å². The molecule has 0 atom stereocenters. The summed E-state index contributed by atoms with van der Waals surface area (Å²) in [4.78, 5) is 4.66. The molecule has 2 nitrogen and oxygen atoms in total. The third-order valence-corrected chi connectivity index (χ3v) is 4.92. The molecule has 0 aliphatic heterocycles. The van der Waals surface area contributed by atoms with Gasteiger partial charge in [0.1, 0.15) is 5.82 Å². The third-order valence-electron chi connectivity index (χ3n) is 4.01. The highest BCUT2D eigenvalue weighted by atomic mass is 127. The molecule has 0 saturated heterocycles. The van der Waals surface area contributed by atoms with Crippen molar-refractivity contribution >= 4 is 45.2 Å². The van der Waals surface area contributed by atoms with Crippen LogP contribution in [-0.2, 0) is 12.4 Å². The normalized spacial score (nSPS) is 17.9. The van der Waals surface area contributed by atoms with Gasteiger partial charge < -0.3 is 4.57 Å². The topological polar surface area (TPSA) is 17.8 Å². The molecule has 1 aliphatic carbocycles. The number of hydrogen-bond donors (Lipinski definition) is 0. The maximum Gasteiger partial charge on any atom is 0.124 e. The predicted octanol–water partition coefficient (Wildman–Crippen LogP) is 4.57. The molecule has 1 aliphatic rings. The van der Waals surface area contributed by atoms with Crippen LogP contribution in [0.2, 0.25) is 0 Å². The van der Waals surface area contributed by atoms with Crippen molar-refractivity contribution in [3.05, 3.63) is 27.6 Å². The van der Waals surface area contributed by atoms with Gasteiger partial charge in [-0.15, -0.1) is 11.6 Å². The van der Waals surface area contributed by atoms with Crippen LogP contribution in [0.15, 0.2) is 18.2 Å². The Morgan fingerprint density at radius 3 is 2.83 bits per heavy atom. The van der Waals surface area contributed by atoms with E-state index in [9.17, 15) is 0 Å². The van der Waals surface area contributed by atoms with Crippen LogP contribution in [-0.4, -0.2) is 9.55 Å². The summed E-state index contributed by atoms with van der Waals surface area (Å²) in [5.41, 5.74) is 2.73. The van der Waals surface area contributed by atoms with E-state index < -0.39 is 0 Å². The van der Waals surface area contributed by atoms with Crippen molar-refractivity contribution in [3.8, 4) is 0 Å². The number of alkyl halides is 1. The standard InChI is InChI=1S/C14H16ClIN2/c1-14(5-2-6-14)9-18-12-4-3-10(16)7-11(12)17-13(18)8-15/h3-4,7H,2,5-6,8-9H2,1H3. The fourth-order valence-electron chi connectivity index (χ4n) is 2.75. The van der Waals surface area contributed by atoms with E-state index in [1.54, 1.807) is 0 Å². The molecular formula is C14H16ClIN2. The molecule has 96 valence electrons. The molecule has 1 aromatic carbocycles. The summed E-state index contributed by atoms with van der Waals surface area (Å²) >= 11 is 8.37. The van der Waals surface area contributed by atoms with Crippen LogP contribution >= 0.6 is 34.2 Å². The summed E-state index contributed by atoms with van der Waals surface area (Å²) in [6.07, 6.45) is 3.99. The number of nitrogens with zero attached hydrogens (tertiary/aromatic N) is 2. The quantitative estimate of drug-likeness (QED) is 0.568. The van der Waals surface area contributed by atoms with E-state index in [1.807, 2.05) is 0 Å². The Balaban J connectivity index is 2.07. The lowest BCUT2D eigenvalue weighted by Crippen LogP contribution is -2.31. The fourth-order valence-corrected chi connectivity index (χ4v) is 3.43. The zero-order valence-electron chi connectivity index (χ0n) is 10.4. The van der Waals surface area contributed by atoms with Crippen LogP contribution in [0.1, 0.15) is 32.0 Å². The lowest BCUT2D eigenvalue weighted by molar-refractivity contribution is 0.133. The van der Waals surface area contributed by atoms with E-state index in [2.05, 4.69) is 57.3 Å². The molecule has 1 fully saturated rings. The Labute approximate surface area is 126 Å². The van der Waals surface area contributed by atoms with Crippen LogP contribution in [0.5, 0.6) is 0 Å². The van der Waals surface area contributed by atoms with E-state index in [1.165, 1.54) is 28.3 Å². The third kappa shape index (κ3) is 2.16. The number of imidazole rings is 1. The SMILES string of the molecule is CC1(Cn2c(CCl)nc3cc(I)ccc32)CCC1. The average molecular weight is 375 g/mol. The van der Waals surface area contributed by atoms with Gasteiger partial charge in [0.15, 0.2) is 0 Å². The van der Waals surface area contributed by atoms with Crippen LogP contribution in [0.4, 0.5) is 0 Å². The molecule has 0 N–H and O–H groups in total. The molecule has 4 heteroatoms. The van der Waals surface area contributed by atoms with E-state index in [4.69, 9.17) is 11.6 Å². The van der Waals surface area contributed by atoms with Crippen molar-refractivity contribution in [2.45, 2.75) is 38.6 Å². The van der Waals surface area contributed by atoms with Gasteiger partial charge in [0.25, 0.3) is 0 Å². The molecule has 0 radical (unpaired) electrons. The number of aromatic nitrogens is 2. The minimum Gasteiger partial charge on any atom is -0.326 e. The summed E-state index contributed by atoms with van der Waals surface area (Å²) in [6.45, 7) is 3.42. The minimum atomic E-state index is 0.442. The second-order valence-corrected chi connectivity index (χ2v) is 7.06. The fraction of sp³-hybridized carbons (Fsp3) is 0.500. The Morgan fingerprint density at radius 2 is 2.22 bits per heavy atom. The number of fused-ring (bicyclic) bond motifs is 1. The number of benzene rings is 1. The van der Waals surface area contributed by atoms with Gasteiger partial charge in [-0.25, -0.2) is 4.98 Å². The van der Waals surface area contributed by atoms with Crippen molar-refractivity contribution in [1.29, 1.82) is 0 Å². The van der Waals surface area contributed by atoms with Crippen LogP contribution in [0, 0.1) is 8.99 Å². The molecule has 0 amide bonds. The lowest BCUT2D eigenvalue weighted by atomic mass is 9.70. The van der Waals surface area contributed by atoms with E-state index >= 15 is 0 Å². The van der Waals surface area contributed by atoms with E-state index in [0.717, 1.165) is 17.9 Å². The van der Waals surface area contributed by atoms with Crippen molar-refractivity contribution in [2.75, 3.05) is 0 Å². The summed E-state index contributed by atoms with van der Waals surface area (Å²) in [7, 11) is 0. The van der Waals surface area contributed by atoms with Crippen molar-refractivity contribution in [3.63, 3.8) is 0 Å². The maximum atomic E-state index is 6.05. The molecular weight excluding hydrogens is 359 g/mol.